The Morgan fingerprint density at radius 3 is 2.62 bits per heavy atom. The molecule has 6 nitrogen and oxygen atoms in total. The van der Waals surface area contributed by atoms with Crippen molar-refractivity contribution >= 4 is 22.2 Å². The Kier molecular flexibility index (Phi) is 5.71. The van der Waals surface area contributed by atoms with Crippen LogP contribution in [0.25, 0.3) is 0 Å². The maximum Gasteiger partial charge on any atom is 0.291 e. The van der Waals surface area contributed by atoms with Crippen LogP contribution in [0.5, 0.6) is 5.75 Å². The number of hydrogen-bond acceptors (Lipinski definition) is 6. The third-order valence-electron chi connectivity index (χ3n) is 5.32. The average Bonchev–Trinajstić information content (AvgIpc) is 3.35. The van der Waals surface area contributed by atoms with Crippen molar-refractivity contribution in [3.63, 3.8) is 0 Å². The summed E-state index contributed by atoms with van der Waals surface area (Å²) < 4.78 is 10.8. The van der Waals surface area contributed by atoms with Crippen molar-refractivity contribution in [2.45, 2.75) is 19.9 Å². The topological polar surface area (TPSA) is 74.9 Å². The minimum Gasteiger partial charge on any atom is -0.508 e. The first-order valence-corrected chi connectivity index (χ1v) is 10.4. The van der Waals surface area contributed by atoms with Gasteiger partial charge in [0.1, 0.15) is 10.8 Å². The van der Waals surface area contributed by atoms with E-state index >= 15 is 0 Å². The summed E-state index contributed by atoms with van der Waals surface area (Å²) in [6.07, 6.45) is 1.49. The summed E-state index contributed by atoms with van der Waals surface area (Å²) in [6, 6.07) is 10.6. The molecule has 29 heavy (non-hydrogen) atoms. The zero-order chi connectivity index (χ0) is 20.4. The fraction of sp³-hybridized carbons (Fsp3) is 0.318. The number of para-hydroxylation sites is 1. The molecule has 1 aliphatic rings. The Hall–Kier alpha value is -2.61. The number of rotatable bonds is 5. The van der Waals surface area contributed by atoms with E-state index < -0.39 is 0 Å². The molecule has 0 aliphatic carbocycles. The van der Waals surface area contributed by atoms with Crippen LogP contribution < -0.4 is 5.32 Å². The first kappa shape index (κ1) is 19.7. The van der Waals surface area contributed by atoms with Gasteiger partial charge in [0, 0.05) is 29.1 Å². The minimum absolute atomic E-state index is 0.183. The Morgan fingerprint density at radius 2 is 1.93 bits per heavy atom. The average molecular weight is 413 g/mol. The lowest BCUT2D eigenvalue weighted by Crippen LogP contribution is -2.40. The smallest absolute Gasteiger partial charge is 0.291 e. The predicted molar refractivity (Wildman–Crippen MR) is 113 cm³/mol. The van der Waals surface area contributed by atoms with Gasteiger partial charge in [-0.25, -0.2) is 0 Å². The molecular weight excluding hydrogens is 388 g/mol. The van der Waals surface area contributed by atoms with E-state index in [-0.39, 0.29) is 23.5 Å². The molecule has 0 bridgehead atoms. The van der Waals surface area contributed by atoms with Gasteiger partial charge in [-0.2, -0.15) is 0 Å². The van der Waals surface area contributed by atoms with Gasteiger partial charge in [-0.15, -0.1) is 11.3 Å². The summed E-state index contributed by atoms with van der Waals surface area (Å²) in [5, 5.41) is 14.4. The lowest BCUT2D eigenvalue weighted by atomic mass is 9.94. The summed E-state index contributed by atoms with van der Waals surface area (Å²) in [6.45, 7) is 6.89. The van der Waals surface area contributed by atoms with Crippen LogP contribution in [0.1, 0.15) is 38.2 Å². The maximum atomic E-state index is 12.7. The summed E-state index contributed by atoms with van der Waals surface area (Å²) in [7, 11) is 0. The van der Waals surface area contributed by atoms with E-state index in [1.54, 1.807) is 29.5 Å². The van der Waals surface area contributed by atoms with Crippen molar-refractivity contribution in [2.24, 2.45) is 0 Å². The number of nitrogens with zero attached hydrogens (tertiary/aromatic N) is 1. The highest BCUT2D eigenvalue weighted by Crippen LogP contribution is 2.44. The fourth-order valence-electron chi connectivity index (χ4n) is 3.73. The number of carbonyl (C=O) groups excluding carboxylic acids is 1. The van der Waals surface area contributed by atoms with Crippen LogP contribution >= 0.6 is 11.3 Å². The standard InChI is InChI=1S/C22H24N2O4S/c1-14-15(2)29-22(23-21(26)18-8-5-11-28-18)19(14)20(24-9-12-27-13-10-24)16-6-3-4-7-17(16)25/h3-8,11,20,25H,9-10,12-13H2,1-2H3,(H,23,26). The third-order valence-corrected chi connectivity index (χ3v) is 6.46. The normalized spacial score (nSPS) is 15.9. The second kappa shape index (κ2) is 8.41. The number of carbonyl (C=O) groups is 1. The van der Waals surface area contributed by atoms with E-state index in [0.29, 0.717) is 13.2 Å². The first-order chi connectivity index (χ1) is 14.1. The Morgan fingerprint density at radius 1 is 1.17 bits per heavy atom. The number of aryl methyl sites for hydroxylation is 1. The number of nitrogens with one attached hydrogen (secondary N) is 1. The number of morpholine rings is 1. The molecule has 1 amide bonds. The number of anilines is 1. The zero-order valence-corrected chi connectivity index (χ0v) is 17.3. The number of furan rings is 1. The molecule has 0 spiro atoms. The van der Waals surface area contributed by atoms with Gasteiger partial charge in [-0.3, -0.25) is 9.69 Å². The summed E-state index contributed by atoms with van der Waals surface area (Å²) in [5.74, 6) is 0.233. The van der Waals surface area contributed by atoms with Crippen LogP contribution in [0.3, 0.4) is 0 Å². The van der Waals surface area contributed by atoms with E-state index in [2.05, 4.69) is 17.1 Å². The molecule has 2 aromatic heterocycles. The SMILES string of the molecule is Cc1sc(NC(=O)c2ccco2)c(C(c2ccccc2O)N2CCOCC2)c1C. The van der Waals surface area contributed by atoms with Gasteiger partial charge in [0.15, 0.2) is 5.76 Å². The molecular formula is C22H24N2O4S. The molecule has 3 heterocycles. The molecule has 3 aromatic rings. The van der Waals surface area contributed by atoms with Gasteiger partial charge >= 0.3 is 0 Å². The van der Waals surface area contributed by atoms with Crippen molar-refractivity contribution < 1.29 is 19.1 Å². The largest absolute Gasteiger partial charge is 0.508 e. The van der Waals surface area contributed by atoms with Crippen LogP contribution in [0.4, 0.5) is 5.00 Å². The van der Waals surface area contributed by atoms with E-state index in [1.807, 2.05) is 25.1 Å². The number of benzene rings is 1. The highest BCUT2D eigenvalue weighted by atomic mass is 32.1. The Balaban J connectivity index is 1.79. The highest BCUT2D eigenvalue weighted by molar-refractivity contribution is 7.16. The van der Waals surface area contributed by atoms with Crippen LogP contribution in [0.2, 0.25) is 0 Å². The van der Waals surface area contributed by atoms with Crippen LogP contribution in [0.15, 0.2) is 47.1 Å². The molecule has 2 N–H and O–H groups in total. The van der Waals surface area contributed by atoms with E-state index in [4.69, 9.17) is 9.15 Å². The Labute approximate surface area is 173 Å². The molecule has 1 atom stereocenters. The highest BCUT2D eigenvalue weighted by Gasteiger charge is 2.32. The molecule has 1 aromatic carbocycles. The third kappa shape index (κ3) is 3.94. The van der Waals surface area contributed by atoms with Crippen LogP contribution in [-0.4, -0.2) is 42.2 Å². The number of ether oxygens (including phenoxy) is 1. The van der Waals surface area contributed by atoms with Gasteiger partial charge in [-0.1, -0.05) is 18.2 Å². The Bertz CT molecular complexity index is 990. The van der Waals surface area contributed by atoms with Gasteiger partial charge in [0.05, 0.1) is 25.5 Å². The summed E-state index contributed by atoms with van der Waals surface area (Å²) in [5.41, 5.74) is 2.95. The molecule has 1 saturated heterocycles. The van der Waals surface area contributed by atoms with Crippen molar-refractivity contribution in [1.29, 1.82) is 0 Å². The van der Waals surface area contributed by atoms with Gasteiger partial charge in [0.2, 0.25) is 0 Å². The fourth-order valence-corrected chi connectivity index (χ4v) is 4.82. The van der Waals surface area contributed by atoms with Crippen molar-refractivity contribution in [1.82, 2.24) is 4.90 Å². The number of phenols is 1. The van der Waals surface area contributed by atoms with Crippen LogP contribution in [-0.2, 0) is 4.74 Å². The van der Waals surface area contributed by atoms with Gasteiger partial charge in [-0.05, 0) is 37.6 Å². The second-order valence-corrected chi connectivity index (χ2v) is 8.29. The zero-order valence-electron chi connectivity index (χ0n) is 16.5. The quantitative estimate of drug-likeness (QED) is 0.652. The lowest BCUT2D eigenvalue weighted by Gasteiger charge is -2.36. The molecule has 0 saturated carbocycles. The minimum atomic E-state index is -0.282. The van der Waals surface area contributed by atoms with Crippen LogP contribution in [0, 0.1) is 13.8 Å². The van der Waals surface area contributed by atoms with Crippen molar-refractivity contribution in [3.05, 3.63) is 70.0 Å². The first-order valence-electron chi connectivity index (χ1n) is 9.60. The van der Waals surface area contributed by atoms with E-state index in [0.717, 1.165) is 39.7 Å². The molecule has 4 rings (SSSR count). The maximum absolute atomic E-state index is 12.7. The van der Waals surface area contributed by atoms with E-state index in [9.17, 15) is 9.90 Å². The molecule has 1 unspecified atom stereocenters. The number of aromatic hydroxyl groups is 1. The number of phenolic OH excluding ortho intramolecular Hbond substituents is 1. The van der Waals surface area contributed by atoms with E-state index in [1.165, 1.54) is 6.26 Å². The number of amides is 1. The second-order valence-electron chi connectivity index (χ2n) is 7.07. The predicted octanol–water partition coefficient (Wildman–Crippen LogP) is 4.34. The molecule has 1 aliphatic heterocycles. The monoisotopic (exact) mass is 412 g/mol. The number of hydrogen-bond donors (Lipinski definition) is 2. The van der Waals surface area contributed by atoms with Gasteiger partial charge < -0.3 is 19.6 Å². The summed E-state index contributed by atoms with van der Waals surface area (Å²) in [4.78, 5) is 16.1. The van der Waals surface area contributed by atoms with Gasteiger partial charge in [0.25, 0.3) is 5.91 Å². The van der Waals surface area contributed by atoms with Crippen molar-refractivity contribution in [2.75, 3.05) is 31.6 Å². The molecule has 152 valence electrons. The molecule has 7 heteroatoms. The van der Waals surface area contributed by atoms with Crippen molar-refractivity contribution in [3.8, 4) is 5.75 Å². The number of thiophene rings is 1. The summed E-state index contributed by atoms with van der Waals surface area (Å²) >= 11 is 1.55. The lowest BCUT2D eigenvalue weighted by molar-refractivity contribution is 0.0236. The molecule has 0 radical (unpaired) electrons. The molecule has 1 fully saturated rings.